The lowest BCUT2D eigenvalue weighted by Gasteiger charge is -2.17. The van der Waals surface area contributed by atoms with E-state index < -0.39 is 0 Å². The molecule has 0 radical (unpaired) electrons. The fourth-order valence-corrected chi connectivity index (χ4v) is 2.11. The summed E-state index contributed by atoms with van der Waals surface area (Å²) in [5, 5.41) is 8.91. The molecule has 7 heteroatoms. The molecular formula is C17H20N4O3. The number of aliphatic hydroxyl groups is 1. The number of hydrogen-bond donors (Lipinski definition) is 3. The Balaban J connectivity index is 2.53. The monoisotopic (exact) mass is 328 g/mol. The highest BCUT2D eigenvalue weighted by Gasteiger charge is 2.16. The van der Waals surface area contributed by atoms with Crippen molar-refractivity contribution >= 4 is 11.8 Å². The van der Waals surface area contributed by atoms with Crippen LogP contribution in [0.15, 0.2) is 18.3 Å². The first-order valence-electron chi connectivity index (χ1n) is 7.33. The summed E-state index contributed by atoms with van der Waals surface area (Å²) in [7, 11) is 1.57. The smallest absolute Gasteiger partial charge is 0.222 e. The van der Waals surface area contributed by atoms with Crippen LogP contribution in [0.1, 0.15) is 30.9 Å². The lowest BCUT2D eigenvalue weighted by Crippen LogP contribution is -2.03. The highest BCUT2D eigenvalue weighted by atomic mass is 16.5. The molecule has 1 aromatic carbocycles. The van der Waals surface area contributed by atoms with Gasteiger partial charge in [-0.1, -0.05) is 25.7 Å². The van der Waals surface area contributed by atoms with E-state index in [0.29, 0.717) is 22.8 Å². The SMILES string of the molecule is COc1cc(C(C)C)c(Oc2cnc(N)nc2N)cc1C#CCO. The Bertz CT molecular complexity index is 794. The number of rotatable bonds is 4. The number of ether oxygens (including phenoxy) is 2. The molecule has 0 amide bonds. The second kappa shape index (κ2) is 7.53. The highest BCUT2D eigenvalue weighted by molar-refractivity contribution is 5.57. The first-order chi connectivity index (χ1) is 11.5. The Morgan fingerprint density at radius 1 is 1.21 bits per heavy atom. The van der Waals surface area contributed by atoms with Gasteiger partial charge in [0.1, 0.15) is 18.1 Å². The van der Waals surface area contributed by atoms with Crippen molar-refractivity contribution in [3.05, 3.63) is 29.5 Å². The Morgan fingerprint density at radius 3 is 2.54 bits per heavy atom. The number of nitrogen functional groups attached to an aromatic ring is 2. The number of nitrogens with zero attached hydrogens (tertiary/aromatic N) is 2. The molecule has 0 aliphatic carbocycles. The molecule has 0 aliphatic rings. The number of aromatic nitrogens is 2. The van der Waals surface area contributed by atoms with Crippen molar-refractivity contribution in [3.8, 4) is 29.1 Å². The fraction of sp³-hybridized carbons (Fsp3) is 0.294. The lowest BCUT2D eigenvalue weighted by atomic mass is 9.99. The third kappa shape index (κ3) is 3.86. The van der Waals surface area contributed by atoms with Gasteiger partial charge < -0.3 is 26.0 Å². The van der Waals surface area contributed by atoms with Crippen LogP contribution in [-0.2, 0) is 0 Å². The second-order valence-electron chi connectivity index (χ2n) is 5.28. The molecule has 0 atom stereocenters. The third-order valence-corrected chi connectivity index (χ3v) is 3.28. The van der Waals surface area contributed by atoms with E-state index in [0.717, 1.165) is 5.56 Å². The summed E-state index contributed by atoms with van der Waals surface area (Å²) < 4.78 is 11.3. The van der Waals surface area contributed by atoms with Crippen molar-refractivity contribution in [1.82, 2.24) is 9.97 Å². The van der Waals surface area contributed by atoms with E-state index >= 15 is 0 Å². The summed E-state index contributed by atoms with van der Waals surface area (Å²) in [5.74, 6) is 7.31. The van der Waals surface area contributed by atoms with E-state index in [2.05, 4.69) is 21.8 Å². The van der Waals surface area contributed by atoms with Gasteiger partial charge in [0, 0.05) is 11.6 Å². The molecule has 7 nitrogen and oxygen atoms in total. The van der Waals surface area contributed by atoms with Crippen LogP contribution in [0.4, 0.5) is 11.8 Å². The molecule has 2 rings (SSSR count). The maximum Gasteiger partial charge on any atom is 0.222 e. The number of methoxy groups -OCH3 is 1. The Kier molecular flexibility index (Phi) is 5.45. The molecule has 2 aromatic rings. The summed E-state index contributed by atoms with van der Waals surface area (Å²) in [6.45, 7) is 3.82. The molecule has 0 fully saturated rings. The number of aliphatic hydroxyl groups excluding tert-OH is 1. The molecule has 0 aliphatic heterocycles. The zero-order valence-electron chi connectivity index (χ0n) is 13.8. The van der Waals surface area contributed by atoms with Gasteiger partial charge in [0.05, 0.1) is 18.9 Å². The Hall–Kier alpha value is -2.98. The van der Waals surface area contributed by atoms with Gasteiger partial charge in [0.25, 0.3) is 0 Å². The molecule has 1 heterocycles. The van der Waals surface area contributed by atoms with E-state index in [9.17, 15) is 0 Å². The number of anilines is 2. The van der Waals surface area contributed by atoms with Crippen molar-refractivity contribution in [3.63, 3.8) is 0 Å². The molecule has 126 valence electrons. The average Bonchev–Trinajstić information content (AvgIpc) is 2.55. The zero-order chi connectivity index (χ0) is 17.7. The van der Waals surface area contributed by atoms with Gasteiger partial charge in [-0.15, -0.1) is 0 Å². The van der Waals surface area contributed by atoms with Crippen molar-refractivity contribution in [2.24, 2.45) is 0 Å². The molecule has 1 aromatic heterocycles. The minimum Gasteiger partial charge on any atom is -0.495 e. The third-order valence-electron chi connectivity index (χ3n) is 3.28. The molecule has 0 spiro atoms. The molecule has 0 saturated heterocycles. The van der Waals surface area contributed by atoms with Crippen LogP contribution >= 0.6 is 0 Å². The van der Waals surface area contributed by atoms with E-state index in [1.807, 2.05) is 19.9 Å². The summed E-state index contributed by atoms with van der Waals surface area (Å²) >= 11 is 0. The van der Waals surface area contributed by atoms with Gasteiger partial charge in [-0.2, -0.15) is 4.98 Å². The van der Waals surface area contributed by atoms with E-state index in [4.69, 9.17) is 26.0 Å². The molecule has 0 bridgehead atoms. The van der Waals surface area contributed by atoms with Crippen LogP contribution in [0.25, 0.3) is 0 Å². The lowest BCUT2D eigenvalue weighted by molar-refractivity contribution is 0.350. The minimum atomic E-state index is -0.246. The topological polar surface area (TPSA) is 117 Å². The van der Waals surface area contributed by atoms with E-state index in [-0.39, 0.29) is 24.3 Å². The number of hydrogen-bond acceptors (Lipinski definition) is 7. The van der Waals surface area contributed by atoms with Crippen LogP contribution < -0.4 is 20.9 Å². The van der Waals surface area contributed by atoms with Crippen LogP contribution in [0.5, 0.6) is 17.2 Å². The molecule has 0 saturated carbocycles. The molecular weight excluding hydrogens is 308 g/mol. The summed E-state index contributed by atoms with van der Waals surface area (Å²) in [6.07, 6.45) is 1.42. The maximum absolute atomic E-state index is 8.91. The summed E-state index contributed by atoms with van der Waals surface area (Å²) in [6, 6.07) is 3.60. The number of nitrogens with two attached hydrogens (primary N) is 2. The molecule has 0 unspecified atom stereocenters. The van der Waals surface area contributed by atoms with E-state index in [1.54, 1.807) is 13.2 Å². The first kappa shape index (κ1) is 17.4. The van der Waals surface area contributed by atoms with Crippen molar-refractivity contribution < 1.29 is 14.6 Å². The van der Waals surface area contributed by atoms with Gasteiger partial charge in [-0.25, -0.2) is 4.98 Å². The quantitative estimate of drug-likeness (QED) is 0.734. The largest absolute Gasteiger partial charge is 0.495 e. The number of benzene rings is 1. The fourth-order valence-electron chi connectivity index (χ4n) is 2.11. The molecule has 5 N–H and O–H groups in total. The normalized spacial score (nSPS) is 10.2. The van der Waals surface area contributed by atoms with Crippen LogP contribution in [-0.4, -0.2) is 28.8 Å². The van der Waals surface area contributed by atoms with Crippen molar-refractivity contribution in [2.75, 3.05) is 25.2 Å². The second-order valence-corrected chi connectivity index (χ2v) is 5.28. The predicted molar refractivity (Wildman–Crippen MR) is 92.0 cm³/mol. The first-order valence-corrected chi connectivity index (χ1v) is 7.33. The standard InChI is InChI=1S/C17H20N4O3/c1-10(2)12-8-13(23-3)11(5-4-6-22)7-14(12)24-15-9-20-17(19)21-16(15)18/h7-10,22H,6H2,1-3H3,(H4,18,19,20,21). The Labute approximate surface area is 140 Å². The van der Waals surface area contributed by atoms with Gasteiger partial charge in [0.2, 0.25) is 5.95 Å². The van der Waals surface area contributed by atoms with Crippen molar-refractivity contribution in [1.29, 1.82) is 0 Å². The van der Waals surface area contributed by atoms with Gasteiger partial charge in [-0.05, 0) is 12.0 Å². The summed E-state index contributed by atoms with van der Waals surface area (Å²) in [4.78, 5) is 7.78. The van der Waals surface area contributed by atoms with E-state index in [1.165, 1.54) is 6.20 Å². The van der Waals surface area contributed by atoms with Crippen LogP contribution in [0.3, 0.4) is 0 Å². The maximum atomic E-state index is 8.91. The van der Waals surface area contributed by atoms with Gasteiger partial charge in [-0.3, -0.25) is 0 Å². The van der Waals surface area contributed by atoms with Gasteiger partial charge in [0.15, 0.2) is 11.6 Å². The molecule has 24 heavy (non-hydrogen) atoms. The predicted octanol–water partition coefficient (Wildman–Crippen LogP) is 1.91. The van der Waals surface area contributed by atoms with Gasteiger partial charge >= 0.3 is 0 Å². The van der Waals surface area contributed by atoms with Crippen LogP contribution in [0, 0.1) is 11.8 Å². The van der Waals surface area contributed by atoms with Crippen LogP contribution in [0.2, 0.25) is 0 Å². The van der Waals surface area contributed by atoms with Crippen molar-refractivity contribution in [2.45, 2.75) is 19.8 Å². The summed E-state index contributed by atoms with van der Waals surface area (Å²) in [5.41, 5.74) is 12.8. The highest BCUT2D eigenvalue weighted by Crippen LogP contribution is 2.37. The average molecular weight is 328 g/mol. The zero-order valence-corrected chi connectivity index (χ0v) is 13.8. The Morgan fingerprint density at radius 2 is 1.96 bits per heavy atom. The minimum absolute atomic E-state index is 0.0770.